The number of piperidine rings is 1. The van der Waals surface area contributed by atoms with Crippen LogP contribution in [0.4, 0.5) is 5.69 Å². The molecule has 0 aromatic heterocycles. The highest BCUT2D eigenvalue weighted by atomic mass is 16.2. The van der Waals surface area contributed by atoms with Gasteiger partial charge in [-0.15, -0.1) is 0 Å². The predicted octanol–water partition coefficient (Wildman–Crippen LogP) is 1.62. The van der Waals surface area contributed by atoms with E-state index in [0.29, 0.717) is 32.5 Å². The maximum atomic E-state index is 12.1. The van der Waals surface area contributed by atoms with Gasteiger partial charge in [0.05, 0.1) is 6.54 Å². The number of aryl methyl sites for hydroxylation is 1. The molecule has 4 heteroatoms. The highest BCUT2D eigenvalue weighted by molar-refractivity contribution is 5.85. The lowest BCUT2D eigenvalue weighted by Gasteiger charge is -2.28. The minimum absolute atomic E-state index is 0.0931. The molecule has 19 heavy (non-hydrogen) atoms. The van der Waals surface area contributed by atoms with Crippen molar-refractivity contribution >= 4 is 17.4 Å². The smallest absolute Gasteiger partial charge is 0.242 e. The molecule has 1 aliphatic rings. The molecule has 1 fully saturated rings. The Bertz CT molecular complexity index is 458. The van der Waals surface area contributed by atoms with E-state index in [-0.39, 0.29) is 11.7 Å². The molecule has 0 aliphatic carbocycles. The lowest BCUT2D eigenvalue weighted by atomic mass is 10.1. The second-order valence-electron chi connectivity index (χ2n) is 5.11. The molecule has 0 spiro atoms. The van der Waals surface area contributed by atoms with Crippen LogP contribution in [0.25, 0.3) is 0 Å². The fraction of sp³-hybridized carbons (Fsp3) is 0.467. The third-order valence-corrected chi connectivity index (χ3v) is 3.52. The Labute approximate surface area is 114 Å². The molecule has 0 atom stereocenters. The molecule has 1 aromatic carbocycles. The van der Waals surface area contributed by atoms with Gasteiger partial charge in [0, 0.05) is 38.7 Å². The van der Waals surface area contributed by atoms with Crippen molar-refractivity contribution < 1.29 is 9.59 Å². The van der Waals surface area contributed by atoms with Crippen LogP contribution in [-0.4, -0.2) is 43.3 Å². The van der Waals surface area contributed by atoms with Crippen molar-refractivity contribution in [1.82, 2.24) is 4.90 Å². The van der Waals surface area contributed by atoms with Crippen LogP contribution in [0, 0.1) is 6.92 Å². The summed E-state index contributed by atoms with van der Waals surface area (Å²) in [6, 6.07) is 8.11. The SMILES string of the molecule is Cc1ccc(N(C)CC(=O)N2CCC(=O)CC2)cc1. The van der Waals surface area contributed by atoms with Crippen LogP contribution in [0.2, 0.25) is 0 Å². The average molecular weight is 260 g/mol. The lowest BCUT2D eigenvalue weighted by Crippen LogP contribution is -2.43. The summed E-state index contributed by atoms with van der Waals surface area (Å²) in [4.78, 5) is 27.0. The average Bonchev–Trinajstić information content (AvgIpc) is 2.40. The van der Waals surface area contributed by atoms with Gasteiger partial charge >= 0.3 is 0 Å². The second-order valence-corrected chi connectivity index (χ2v) is 5.11. The van der Waals surface area contributed by atoms with E-state index >= 15 is 0 Å². The third-order valence-electron chi connectivity index (χ3n) is 3.52. The Morgan fingerprint density at radius 1 is 1.21 bits per heavy atom. The molecule has 0 saturated carbocycles. The number of likely N-dealkylation sites (N-methyl/N-ethyl adjacent to an activating group) is 1. The largest absolute Gasteiger partial charge is 0.365 e. The number of ketones is 1. The molecule has 0 bridgehead atoms. The monoisotopic (exact) mass is 260 g/mol. The number of hydrogen-bond acceptors (Lipinski definition) is 3. The van der Waals surface area contributed by atoms with E-state index in [0.717, 1.165) is 5.69 Å². The zero-order valence-corrected chi connectivity index (χ0v) is 11.6. The molecule has 4 nitrogen and oxygen atoms in total. The molecule has 1 aliphatic heterocycles. The number of hydrogen-bond donors (Lipinski definition) is 0. The normalized spacial score (nSPS) is 15.5. The van der Waals surface area contributed by atoms with Crippen LogP contribution >= 0.6 is 0 Å². The summed E-state index contributed by atoms with van der Waals surface area (Å²) in [7, 11) is 1.91. The summed E-state index contributed by atoms with van der Waals surface area (Å²) >= 11 is 0. The molecule has 0 N–H and O–H groups in total. The minimum Gasteiger partial charge on any atom is -0.365 e. The third kappa shape index (κ3) is 3.56. The molecular weight excluding hydrogens is 240 g/mol. The molecule has 1 amide bonds. The van der Waals surface area contributed by atoms with Gasteiger partial charge in [0.15, 0.2) is 0 Å². The van der Waals surface area contributed by atoms with Gasteiger partial charge in [-0.05, 0) is 19.1 Å². The highest BCUT2D eigenvalue weighted by Gasteiger charge is 2.21. The molecule has 1 saturated heterocycles. The summed E-state index contributed by atoms with van der Waals surface area (Å²) in [6.07, 6.45) is 1.000. The first-order valence-corrected chi connectivity index (χ1v) is 6.63. The Morgan fingerprint density at radius 2 is 1.79 bits per heavy atom. The summed E-state index contributed by atoms with van der Waals surface area (Å²) in [5.41, 5.74) is 2.24. The Hall–Kier alpha value is -1.84. The van der Waals surface area contributed by atoms with Crippen molar-refractivity contribution in [3.63, 3.8) is 0 Å². The van der Waals surface area contributed by atoms with E-state index in [1.807, 2.05) is 43.1 Å². The fourth-order valence-corrected chi connectivity index (χ4v) is 2.20. The van der Waals surface area contributed by atoms with E-state index < -0.39 is 0 Å². The first-order valence-electron chi connectivity index (χ1n) is 6.63. The summed E-state index contributed by atoms with van der Waals surface area (Å²) in [5.74, 6) is 0.353. The first-order chi connectivity index (χ1) is 9.06. The van der Waals surface area contributed by atoms with Gasteiger partial charge in [-0.1, -0.05) is 17.7 Å². The molecule has 102 valence electrons. The maximum absolute atomic E-state index is 12.1. The van der Waals surface area contributed by atoms with Crippen molar-refractivity contribution in [3.05, 3.63) is 29.8 Å². The van der Waals surface area contributed by atoms with Crippen LogP contribution in [0.15, 0.2) is 24.3 Å². The Balaban J connectivity index is 1.91. The molecular formula is C15H20N2O2. The fourth-order valence-electron chi connectivity index (χ4n) is 2.20. The number of benzene rings is 1. The van der Waals surface area contributed by atoms with Gasteiger partial charge in [-0.3, -0.25) is 9.59 Å². The Morgan fingerprint density at radius 3 is 2.37 bits per heavy atom. The number of carbonyl (C=O) groups excluding carboxylic acids is 2. The molecule has 1 aromatic rings. The van der Waals surface area contributed by atoms with E-state index in [1.165, 1.54) is 5.56 Å². The number of nitrogens with zero attached hydrogens (tertiary/aromatic N) is 2. The number of carbonyl (C=O) groups is 2. The number of Topliss-reactive ketones (excluding diaryl/α,β-unsaturated/α-hetero) is 1. The first kappa shape index (κ1) is 13.6. The molecule has 0 radical (unpaired) electrons. The lowest BCUT2D eigenvalue weighted by molar-refractivity contribution is -0.133. The van der Waals surface area contributed by atoms with Crippen LogP contribution in [0.1, 0.15) is 18.4 Å². The number of likely N-dealkylation sites (tertiary alicyclic amines) is 1. The van der Waals surface area contributed by atoms with E-state index in [1.54, 1.807) is 4.90 Å². The second kappa shape index (κ2) is 5.87. The van der Waals surface area contributed by atoms with E-state index in [2.05, 4.69) is 0 Å². The van der Waals surface area contributed by atoms with E-state index in [4.69, 9.17) is 0 Å². The summed E-state index contributed by atoms with van der Waals surface area (Å²) in [6.45, 7) is 3.54. The predicted molar refractivity (Wildman–Crippen MR) is 75.3 cm³/mol. The quantitative estimate of drug-likeness (QED) is 0.829. The van der Waals surface area contributed by atoms with Gasteiger partial charge in [0.1, 0.15) is 5.78 Å². The standard InChI is InChI=1S/C15H20N2O2/c1-12-3-5-13(6-4-12)16(2)11-15(19)17-9-7-14(18)8-10-17/h3-6H,7-11H2,1-2H3. The van der Waals surface area contributed by atoms with Crippen LogP contribution in [0.3, 0.4) is 0 Å². The number of anilines is 1. The van der Waals surface area contributed by atoms with Gasteiger partial charge in [-0.2, -0.15) is 0 Å². The maximum Gasteiger partial charge on any atom is 0.242 e. The molecule has 0 unspecified atom stereocenters. The van der Waals surface area contributed by atoms with Gasteiger partial charge < -0.3 is 9.80 Å². The van der Waals surface area contributed by atoms with Crippen molar-refractivity contribution in [1.29, 1.82) is 0 Å². The highest BCUT2D eigenvalue weighted by Crippen LogP contribution is 2.14. The van der Waals surface area contributed by atoms with Crippen LogP contribution in [0.5, 0.6) is 0 Å². The van der Waals surface area contributed by atoms with Gasteiger partial charge in [0.2, 0.25) is 5.91 Å². The number of amides is 1. The van der Waals surface area contributed by atoms with Gasteiger partial charge in [-0.25, -0.2) is 0 Å². The van der Waals surface area contributed by atoms with Crippen molar-refractivity contribution in [2.45, 2.75) is 19.8 Å². The summed E-state index contributed by atoms with van der Waals surface area (Å²) in [5, 5.41) is 0. The van der Waals surface area contributed by atoms with E-state index in [9.17, 15) is 9.59 Å². The van der Waals surface area contributed by atoms with Crippen molar-refractivity contribution in [3.8, 4) is 0 Å². The van der Waals surface area contributed by atoms with Crippen molar-refractivity contribution in [2.75, 3.05) is 31.6 Å². The van der Waals surface area contributed by atoms with Crippen LogP contribution < -0.4 is 4.90 Å². The van der Waals surface area contributed by atoms with Crippen LogP contribution in [-0.2, 0) is 9.59 Å². The number of rotatable bonds is 3. The Kier molecular flexibility index (Phi) is 4.20. The zero-order valence-electron chi connectivity index (χ0n) is 11.6. The van der Waals surface area contributed by atoms with Gasteiger partial charge in [0.25, 0.3) is 0 Å². The zero-order chi connectivity index (χ0) is 13.8. The molecule has 1 heterocycles. The van der Waals surface area contributed by atoms with Crippen molar-refractivity contribution in [2.24, 2.45) is 0 Å². The molecule has 2 rings (SSSR count). The topological polar surface area (TPSA) is 40.6 Å². The minimum atomic E-state index is 0.0931. The summed E-state index contributed by atoms with van der Waals surface area (Å²) < 4.78 is 0.